The maximum Gasteiger partial charge on any atom is 0.281 e. The quantitative estimate of drug-likeness (QED) is 0.609. The molecule has 1 aromatic carbocycles. The minimum Gasteiger partial charge on any atom is -0.493 e. The predicted octanol–water partition coefficient (Wildman–Crippen LogP) is 4.31. The molecule has 26 heavy (non-hydrogen) atoms. The van der Waals surface area contributed by atoms with E-state index in [4.69, 9.17) is 21.1 Å². The number of aryl methyl sites for hydroxylation is 1. The van der Waals surface area contributed by atoms with Gasteiger partial charge in [-0.15, -0.1) is 11.3 Å². The van der Waals surface area contributed by atoms with Gasteiger partial charge in [-0.1, -0.05) is 18.5 Å². The summed E-state index contributed by atoms with van der Waals surface area (Å²) in [5.74, 6) is 1.46. The van der Waals surface area contributed by atoms with Crippen LogP contribution in [-0.4, -0.2) is 26.3 Å². The number of hydrogen-bond acceptors (Lipinski definition) is 5. The lowest BCUT2D eigenvalue weighted by atomic mass is 9.90. The first-order chi connectivity index (χ1) is 12.5. The molecule has 1 atom stereocenters. The van der Waals surface area contributed by atoms with Crippen LogP contribution in [0.3, 0.4) is 0 Å². The molecule has 0 fully saturated rings. The fraction of sp³-hybridized carbons (Fsp3) is 0.368. The highest BCUT2D eigenvalue weighted by Crippen LogP contribution is 2.35. The summed E-state index contributed by atoms with van der Waals surface area (Å²) in [6.07, 6.45) is 4.82. The molecule has 5 nitrogen and oxygen atoms in total. The van der Waals surface area contributed by atoms with Gasteiger partial charge in [-0.3, -0.25) is 4.79 Å². The molecule has 0 aliphatic heterocycles. The second kappa shape index (κ2) is 8.10. The molecular weight excluding hydrogens is 372 g/mol. The van der Waals surface area contributed by atoms with Gasteiger partial charge in [0.05, 0.1) is 30.3 Å². The predicted molar refractivity (Wildman–Crippen MR) is 105 cm³/mol. The van der Waals surface area contributed by atoms with Gasteiger partial charge in [-0.05, 0) is 54.5 Å². The van der Waals surface area contributed by atoms with Crippen LogP contribution in [0.25, 0.3) is 0 Å². The Hall–Kier alpha value is -2.05. The summed E-state index contributed by atoms with van der Waals surface area (Å²) in [5.41, 5.74) is 4.58. The topological polar surface area (TPSA) is 59.9 Å². The van der Waals surface area contributed by atoms with E-state index in [-0.39, 0.29) is 5.91 Å². The summed E-state index contributed by atoms with van der Waals surface area (Å²) < 4.78 is 10.5. The van der Waals surface area contributed by atoms with Crippen molar-refractivity contribution in [3.05, 3.63) is 44.1 Å². The van der Waals surface area contributed by atoms with Gasteiger partial charge in [-0.25, -0.2) is 5.43 Å². The van der Waals surface area contributed by atoms with Crippen LogP contribution < -0.4 is 14.9 Å². The van der Waals surface area contributed by atoms with E-state index in [0.717, 1.165) is 12.8 Å². The van der Waals surface area contributed by atoms with Gasteiger partial charge in [0.1, 0.15) is 0 Å². The monoisotopic (exact) mass is 392 g/mol. The van der Waals surface area contributed by atoms with Crippen LogP contribution in [-0.2, 0) is 12.8 Å². The van der Waals surface area contributed by atoms with E-state index in [9.17, 15) is 4.79 Å². The SMILES string of the molecule is COc1cc(/C=N\NC(=O)c2cc3c(s2)CC[C@@H](C)C3)cc(Cl)c1OC. The number of methoxy groups -OCH3 is 2. The number of nitrogens with zero attached hydrogens (tertiary/aromatic N) is 1. The maximum atomic E-state index is 12.3. The molecule has 0 unspecified atom stereocenters. The zero-order valence-electron chi connectivity index (χ0n) is 15.0. The lowest BCUT2D eigenvalue weighted by Crippen LogP contribution is -2.16. The maximum absolute atomic E-state index is 12.3. The van der Waals surface area contributed by atoms with Crippen molar-refractivity contribution in [2.45, 2.75) is 26.2 Å². The van der Waals surface area contributed by atoms with Gasteiger partial charge < -0.3 is 9.47 Å². The Balaban J connectivity index is 1.69. The summed E-state index contributed by atoms with van der Waals surface area (Å²) in [6, 6.07) is 5.43. The van der Waals surface area contributed by atoms with Gasteiger partial charge in [-0.2, -0.15) is 5.10 Å². The van der Waals surface area contributed by atoms with Crippen LogP contribution >= 0.6 is 22.9 Å². The number of ether oxygens (including phenoxy) is 2. The van der Waals surface area contributed by atoms with Gasteiger partial charge in [0.2, 0.25) is 0 Å². The second-order valence-corrected chi connectivity index (χ2v) is 7.89. The van der Waals surface area contributed by atoms with Crippen molar-refractivity contribution < 1.29 is 14.3 Å². The summed E-state index contributed by atoms with van der Waals surface area (Å²) >= 11 is 7.73. The van der Waals surface area contributed by atoms with Crippen molar-refractivity contribution in [1.29, 1.82) is 0 Å². The molecule has 1 heterocycles. The lowest BCUT2D eigenvalue weighted by Gasteiger charge is -2.16. The number of fused-ring (bicyclic) bond motifs is 1. The van der Waals surface area contributed by atoms with Crippen molar-refractivity contribution in [2.24, 2.45) is 11.0 Å². The molecular formula is C19H21ClN2O3S. The van der Waals surface area contributed by atoms with E-state index in [1.807, 2.05) is 6.07 Å². The Kier molecular flexibility index (Phi) is 5.84. The van der Waals surface area contributed by atoms with Crippen LogP contribution in [0.2, 0.25) is 5.02 Å². The minimum atomic E-state index is -0.195. The Labute approximate surface area is 162 Å². The van der Waals surface area contributed by atoms with Crippen LogP contribution in [0.1, 0.15) is 39.0 Å². The highest BCUT2D eigenvalue weighted by atomic mass is 35.5. The van der Waals surface area contributed by atoms with Gasteiger partial charge in [0.25, 0.3) is 5.91 Å². The molecule has 1 aromatic heterocycles. The van der Waals surface area contributed by atoms with Crippen molar-refractivity contribution >= 4 is 35.1 Å². The molecule has 0 saturated heterocycles. The third-order valence-corrected chi connectivity index (χ3v) is 5.91. The average Bonchev–Trinajstić information content (AvgIpc) is 3.04. The molecule has 0 bridgehead atoms. The zero-order valence-corrected chi connectivity index (χ0v) is 16.5. The Morgan fingerprint density at radius 1 is 1.35 bits per heavy atom. The molecule has 1 aliphatic carbocycles. The average molecular weight is 393 g/mol. The molecule has 0 radical (unpaired) electrons. The summed E-state index contributed by atoms with van der Waals surface area (Å²) in [5, 5.41) is 4.45. The largest absolute Gasteiger partial charge is 0.493 e. The molecule has 2 aromatic rings. The summed E-state index contributed by atoms with van der Waals surface area (Å²) in [6.45, 7) is 2.25. The number of hydrazone groups is 1. The normalized spacial score (nSPS) is 16.4. The number of halogens is 1. The summed E-state index contributed by atoms with van der Waals surface area (Å²) in [7, 11) is 3.06. The van der Waals surface area contributed by atoms with Gasteiger partial charge in [0, 0.05) is 4.88 Å². The fourth-order valence-corrected chi connectivity index (χ4v) is 4.45. The van der Waals surface area contributed by atoms with Crippen molar-refractivity contribution in [3.63, 3.8) is 0 Å². The molecule has 1 N–H and O–H groups in total. The van der Waals surface area contributed by atoms with E-state index in [0.29, 0.717) is 32.9 Å². The molecule has 3 rings (SSSR count). The molecule has 138 valence electrons. The van der Waals surface area contributed by atoms with E-state index >= 15 is 0 Å². The first-order valence-corrected chi connectivity index (χ1v) is 9.57. The van der Waals surface area contributed by atoms with Crippen LogP contribution in [0, 0.1) is 5.92 Å². The van der Waals surface area contributed by atoms with Crippen molar-refractivity contribution in [1.82, 2.24) is 5.43 Å². The van der Waals surface area contributed by atoms with Crippen LogP contribution in [0.15, 0.2) is 23.3 Å². The number of nitrogens with one attached hydrogen (secondary N) is 1. The standard InChI is InChI=1S/C19H21ClN2O3S/c1-11-4-5-16-13(6-11)9-17(26-16)19(23)22-21-10-12-7-14(20)18(25-3)15(8-12)24-2/h7-11H,4-6H2,1-3H3,(H,22,23)/b21-10-/t11-/m1/s1. The van der Waals surface area contributed by atoms with E-state index in [1.54, 1.807) is 23.5 Å². The number of benzene rings is 1. The minimum absolute atomic E-state index is 0.195. The molecule has 1 aliphatic rings. The Morgan fingerprint density at radius 2 is 2.15 bits per heavy atom. The van der Waals surface area contributed by atoms with Gasteiger partial charge >= 0.3 is 0 Å². The van der Waals surface area contributed by atoms with E-state index in [2.05, 4.69) is 17.5 Å². The third-order valence-electron chi connectivity index (χ3n) is 4.39. The van der Waals surface area contributed by atoms with Crippen LogP contribution in [0.5, 0.6) is 11.5 Å². The fourth-order valence-electron chi connectivity index (χ4n) is 3.05. The van der Waals surface area contributed by atoms with Gasteiger partial charge in [0.15, 0.2) is 11.5 Å². The Morgan fingerprint density at radius 3 is 2.88 bits per heavy atom. The highest BCUT2D eigenvalue weighted by Gasteiger charge is 2.20. The molecule has 0 saturated carbocycles. The second-order valence-electron chi connectivity index (χ2n) is 6.34. The first kappa shape index (κ1) is 18.7. The number of rotatable bonds is 5. The number of amides is 1. The van der Waals surface area contributed by atoms with E-state index < -0.39 is 0 Å². The first-order valence-electron chi connectivity index (χ1n) is 8.38. The molecule has 0 spiro atoms. The number of carbonyl (C=O) groups is 1. The zero-order chi connectivity index (χ0) is 18.7. The number of hydrogen-bond donors (Lipinski definition) is 1. The Bertz CT molecular complexity index is 848. The number of thiophene rings is 1. The number of carbonyl (C=O) groups excluding carboxylic acids is 1. The van der Waals surface area contributed by atoms with Crippen molar-refractivity contribution in [2.75, 3.05) is 14.2 Å². The summed E-state index contributed by atoms with van der Waals surface area (Å²) in [4.78, 5) is 14.4. The molecule has 1 amide bonds. The van der Waals surface area contributed by atoms with E-state index in [1.165, 1.54) is 37.3 Å². The lowest BCUT2D eigenvalue weighted by molar-refractivity contribution is 0.0959. The van der Waals surface area contributed by atoms with Crippen LogP contribution in [0.4, 0.5) is 0 Å². The highest BCUT2D eigenvalue weighted by molar-refractivity contribution is 7.14. The molecule has 7 heteroatoms. The third kappa shape index (κ3) is 4.02. The van der Waals surface area contributed by atoms with Crippen molar-refractivity contribution in [3.8, 4) is 11.5 Å². The smallest absolute Gasteiger partial charge is 0.281 e.